The summed E-state index contributed by atoms with van der Waals surface area (Å²) >= 11 is 0. The number of fused-ring (bicyclic) bond motifs is 1. The zero-order valence-electron chi connectivity index (χ0n) is 24.1. The van der Waals surface area contributed by atoms with E-state index < -0.39 is 10.0 Å². The normalized spacial score (nSPS) is 11.6. The van der Waals surface area contributed by atoms with Crippen LogP contribution in [0.4, 0.5) is 17.2 Å². The Labute approximate surface area is 247 Å². The van der Waals surface area contributed by atoms with Gasteiger partial charge in [-0.2, -0.15) is 0 Å². The maximum Gasteiger partial charge on any atom is 0.261 e. The van der Waals surface area contributed by atoms with Crippen molar-refractivity contribution in [3.05, 3.63) is 91.4 Å². The van der Waals surface area contributed by atoms with Crippen molar-refractivity contribution in [1.82, 2.24) is 19.4 Å². The number of hydrogen-bond acceptors (Lipinski definition) is 7. The summed E-state index contributed by atoms with van der Waals surface area (Å²) < 4.78 is 35.5. The van der Waals surface area contributed by atoms with Gasteiger partial charge in [0.1, 0.15) is 17.9 Å². The van der Waals surface area contributed by atoms with E-state index in [4.69, 9.17) is 4.74 Å². The van der Waals surface area contributed by atoms with E-state index in [0.717, 1.165) is 49.5 Å². The van der Waals surface area contributed by atoms with Gasteiger partial charge in [-0.05, 0) is 92.8 Å². The van der Waals surface area contributed by atoms with Crippen LogP contribution in [-0.2, 0) is 16.6 Å². The molecule has 5 rings (SSSR count). The van der Waals surface area contributed by atoms with E-state index in [9.17, 15) is 8.42 Å². The maximum atomic E-state index is 12.7. The molecule has 0 unspecified atom stereocenters. The van der Waals surface area contributed by atoms with Gasteiger partial charge in [0, 0.05) is 46.6 Å². The van der Waals surface area contributed by atoms with E-state index in [1.165, 1.54) is 36.5 Å². The molecule has 218 valence electrons. The van der Waals surface area contributed by atoms with Crippen molar-refractivity contribution in [2.75, 3.05) is 36.8 Å². The van der Waals surface area contributed by atoms with Gasteiger partial charge in [0.05, 0.1) is 17.7 Å². The molecule has 0 radical (unpaired) electrons. The third-order valence-corrected chi connectivity index (χ3v) is 8.68. The largest absolute Gasteiger partial charge is 0.497 e. The van der Waals surface area contributed by atoms with Gasteiger partial charge in [-0.3, -0.25) is 4.72 Å². The first-order chi connectivity index (χ1) is 20.4. The summed E-state index contributed by atoms with van der Waals surface area (Å²) in [7, 11) is -2.19. The molecular formula is C32H36N6O3S. The SMILES string of the molecule is CCN(CC)CCCn1ccc2cc(-c3cc(Nc4ccc(NS(=O)(=O)c5ccc(OC)cc5)cc4)ncn3)ccc21. The van der Waals surface area contributed by atoms with Gasteiger partial charge in [0.25, 0.3) is 10.0 Å². The molecule has 0 aliphatic rings. The lowest BCUT2D eigenvalue weighted by Gasteiger charge is -2.18. The Bertz CT molecular complexity index is 1730. The Hall–Kier alpha value is -4.41. The summed E-state index contributed by atoms with van der Waals surface area (Å²) in [6.45, 7) is 8.67. The molecule has 0 fully saturated rings. The fraction of sp³-hybridized carbons (Fsp3) is 0.250. The van der Waals surface area contributed by atoms with Crippen molar-refractivity contribution in [3.8, 4) is 17.0 Å². The van der Waals surface area contributed by atoms with Gasteiger partial charge in [-0.25, -0.2) is 18.4 Å². The smallest absolute Gasteiger partial charge is 0.261 e. The van der Waals surface area contributed by atoms with Gasteiger partial charge in [-0.15, -0.1) is 0 Å². The number of nitrogens with zero attached hydrogens (tertiary/aromatic N) is 4. The minimum atomic E-state index is -3.72. The highest BCUT2D eigenvalue weighted by Crippen LogP contribution is 2.27. The fourth-order valence-electron chi connectivity index (χ4n) is 4.88. The predicted molar refractivity (Wildman–Crippen MR) is 169 cm³/mol. The van der Waals surface area contributed by atoms with Crippen LogP contribution in [0.5, 0.6) is 5.75 Å². The lowest BCUT2D eigenvalue weighted by Crippen LogP contribution is -2.24. The van der Waals surface area contributed by atoms with Crippen molar-refractivity contribution in [2.45, 2.75) is 31.7 Å². The number of rotatable bonds is 13. The highest BCUT2D eigenvalue weighted by atomic mass is 32.2. The van der Waals surface area contributed by atoms with Crippen molar-refractivity contribution in [2.24, 2.45) is 0 Å². The monoisotopic (exact) mass is 584 g/mol. The first-order valence-corrected chi connectivity index (χ1v) is 15.5. The van der Waals surface area contributed by atoms with E-state index >= 15 is 0 Å². The number of nitrogens with one attached hydrogen (secondary N) is 2. The molecule has 9 nitrogen and oxygen atoms in total. The molecule has 10 heteroatoms. The molecule has 0 saturated heterocycles. The lowest BCUT2D eigenvalue weighted by molar-refractivity contribution is 0.294. The van der Waals surface area contributed by atoms with Crippen molar-refractivity contribution in [3.63, 3.8) is 0 Å². The Morgan fingerprint density at radius 2 is 1.62 bits per heavy atom. The number of ether oxygens (including phenoxy) is 1. The number of aromatic nitrogens is 3. The van der Waals surface area contributed by atoms with E-state index in [0.29, 0.717) is 17.3 Å². The topological polar surface area (TPSA) is 101 Å². The van der Waals surface area contributed by atoms with Gasteiger partial charge < -0.3 is 19.5 Å². The summed E-state index contributed by atoms with van der Waals surface area (Å²) in [4.78, 5) is 11.5. The number of methoxy groups -OCH3 is 1. The van der Waals surface area contributed by atoms with E-state index in [2.05, 4.69) is 73.8 Å². The molecule has 5 aromatic rings. The zero-order valence-corrected chi connectivity index (χ0v) is 24.9. The molecule has 0 aliphatic carbocycles. The van der Waals surface area contributed by atoms with Crippen LogP contribution in [0.1, 0.15) is 20.3 Å². The van der Waals surface area contributed by atoms with Gasteiger partial charge >= 0.3 is 0 Å². The molecule has 42 heavy (non-hydrogen) atoms. The first-order valence-electron chi connectivity index (χ1n) is 14.1. The molecular weight excluding hydrogens is 548 g/mol. The fourth-order valence-corrected chi connectivity index (χ4v) is 5.94. The average molecular weight is 585 g/mol. The van der Waals surface area contributed by atoms with Gasteiger partial charge in [-0.1, -0.05) is 19.9 Å². The highest BCUT2D eigenvalue weighted by molar-refractivity contribution is 7.92. The number of anilines is 3. The zero-order chi connectivity index (χ0) is 29.5. The lowest BCUT2D eigenvalue weighted by atomic mass is 10.1. The van der Waals surface area contributed by atoms with E-state index in [1.54, 1.807) is 36.4 Å². The van der Waals surface area contributed by atoms with Gasteiger partial charge in [0.2, 0.25) is 0 Å². The highest BCUT2D eigenvalue weighted by Gasteiger charge is 2.14. The molecule has 0 amide bonds. The number of aryl methyl sites for hydroxylation is 1. The molecule has 0 bridgehead atoms. The summed E-state index contributed by atoms with van der Waals surface area (Å²) in [6.07, 6.45) is 4.81. The van der Waals surface area contributed by atoms with Crippen molar-refractivity contribution in [1.29, 1.82) is 0 Å². The Morgan fingerprint density at radius 3 is 2.33 bits per heavy atom. The first kappa shape index (κ1) is 29.1. The summed E-state index contributed by atoms with van der Waals surface area (Å²) in [5.41, 5.74) is 4.26. The van der Waals surface area contributed by atoms with Crippen LogP contribution in [0.25, 0.3) is 22.2 Å². The second-order valence-electron chi connectivity index (χ2n) is 9.94. The van der Waals surface area contributed by atoms with Crippen LogP contribution in [0.15, 0.2) is 96.3 Å². The number of sulfonamides is 1. The minimum Gasteiger partial charge on any atom is -0.497 e. The average Bonchev–Trinajstić information content (AvgIpc) is 3.42. The van der Waals surface area contributed by atoms with Crippen LogP contribution in [0.3, 0.4) is 0 Å². The molecule has 2 heterocycles. The molecule has 0 aliphatic heterocycles. The third kappa shape index (κ3) is 6.89. The second kappa shape index (κ2) is 13.1. The van der Waals surface area contributed by atoms with E-state index in [1.807, 2.05) is 6.07 Å². The Balaban J connectivity index is 1.24. The van der Waals surface area contributed by atoms with Crippen molar-refractivity contribution >= 4 is 38.1 Å². The van der Waals surface area contributed by atoms with Crippen LogP contribution >= 0.6 is 0 Å². The molecule has 0 atom stereocenters. The molecule has 0 saturated carbocycles. The predicted octanol–water partition coefficient (Wildman–Crippen LogP) is 6.38. The minimum absolute atomic E-state index is 0.157. The van der Waals surface area contributed by atoms with Gasteiger partial charge in [0.15, 0.2) is 0 Å². The summed E-state index contributed by atoms with van der Waals surface area (Å²) in [6, 6.07) is 23.7. The summed E-state index contributed by atoms with van der Waals surface area (Å²) in [5.74, 6) is 1.23. The third-order valence-electron chi connectivity index (χ3n) is 7.28. The van der Waals surface area contributed by atoms with Crippen LogP contribution < -0.4 is 14.8 Å². The number of benzene rings is 3. The second-order valence-corrected chi connectivity index (χ2v) is 11.6. The Morgan fingerprint density at radius 1 is 0.881 bits per heavy atom. The maximum absolute atomic E-state index is 12.7. The molecule has 2 N–H and O–H groups in total. The summed E-state index contributed by atoms with van der Waals surface area (Å²) in [5, 5.41) is 4.46. The standard InChI is InChI=1S/C32H36N6O3S/c1-4-37(5-2)18-6-19-38-20-17-25-21-24(7-16-31(25)38)30-22-32(34-23-33-30)35-26-8-10-27(11-9-26)36-42(39,40)29-14-12-28(41-3)13-15-29/h7-17,20-23,36H,4-6,18-19H2,1-3H3,(H,33,34,35). The molecule has 3 aromatic carbocycles. The number of hydrogen-bond donors (Lipinski definition) is 2. The van der Waals surface area contributed by atoms with Crippen LogP contribution in [-0.4, -0.2) is 54.6 Å². The van der Waals surface area contributed by atoms with Crippen LogP contribution in [0.2, 0.25) is 0 Å². The van der Waals surface area contributed by atoms with Crippen LogP contribution in [0, 0.1) is 0 Å². The quantitative estimate of drug-likeness (QED) is 0.166. The molecule has 0 spiro atoms. The van der Waals surface area contributed by atoms with E-state index in [-0.39, 0.29) is 4.90 Å². The van der Waals surface area contributed by atoms with Crippen molar-refractivity contribution < 1.29 is 13.2 Å². The Kier molecular flexibility index (Phi) is 9.04. The molecule has 2 aromatic heterocycles.